The molecule has 6 nitrogen and oxygen atoms in total. The summed E-state index contributed by atoms with van der Waals surface area (Å²) < 4.78 is 62.7. The number of sulfonamides is 1. The van der Waals surface area contributed by atoms with Gasteiger partial charge in [-0.05, 0) is 37.1 Å². The zero-order valence-electron chi connectivity index (χ0n) is 13.8. The van der Waals surface area contributed by atoms with E-state index in [1.165, 1.54) is 0 Å². The van der Waals surface area contributed by atoms with Crippen molar-refractivity contribution in [1.82, 2.24) is 9.97 Å². The minimum Gasteiger partial charge on any atom is -0.325 e. The molecule has 0 unspecified atom stereocenters. The number of nitrogens with zero attached hydrogens (tertiary/aromatic N) is 1. The minimum absolute atomic E-state index is 0.0402. The molecule has 4 N–H and O–H groups in total. The molecule has 0 fully saturated rings. The van der Waals surface area contributed by atoms with Crippen LogP contribution in [0, 0.1) is 13.8 Å². The summed E-state index contributed by atoms with van der Waals surface area (Å²) in [7, 11) is -4.57. The zero-order chi connectivity index (χ0) is 19.3. The molecule has 0 saturated carbocycles. The van der Waals surface area contributed by atoms with E-state index in [2.05, 4.69) is 15.3 Å². The molecule has 0 bridgehead atoms. The molecule has 10 heteroatoms. The second-order valence-electron chi connectivity index (χ2n) is 5.89. The van der Waals surface area contributed by atoms with Crippen molar-refractivity contribution in [2.45, 2.75) is 24.9 Å². The highest BCUT2D eigenvalue weighted by Gasteiger charge is 2.37. The largest absolute Gasteiger partial charge is 0.417 e. The highest BCUT2D eigenvalue weighted by Crippen LogP contribution is 2.36. The first-order valence-corrected chi connectivity index (χ1v) is 8.98. The Labute approximate surface area is 147 Å². The van der Waals surface area contributed by atoms with Crippen molar-refractivity contribution in [3.63, 3.8) is 0 Å². The second-order valence-corrected chi connectivity index (χ2v) is 7.42. The van der Waals surface area contributed by atoms with Crippen LogP contribution in [0.25, 0.3) is 11.0 Å². The quantitative estimate of drug-likeness (QED) is 0.642. The number of aryl methyl sites for hydroxylation is 2. The number of rotatable bonds is 3. The lowest BCUT2D eigenvalue weighted by atomic mass is 10.1. The Balaban J connectivity index is 2.15. The van der Waals surface area contributed by atoms with E-state index in [0.717, 1.165) is 22.9 Å². The number of halogens is 3. The van der Waals surface area contributed by atoms with Crippen LogP contribution in [-0.4, -0.2) is 18.4 Å². The molecule has 0 aliphatic carbocycles. The van der Waals surface area contributed by atoms with E-state index < -0.39 is 26.7 Å². The Hall–Kier alpha value is -2.59. The van der Waals surface area contributed by atoms with Crippen molar-refractivity contribution in [1.29, 1.82) is 0 Å². The van der Waals surface area contributed by atoms with Crippen LogP contribution in [0.3, 0.4) is 0 Å². The van der Waals surface area contributed by atoms with Crippen LogP contribution in [0.1, 0.15) is 16.7 Å². The van der Waals surface area contributed by atoms with Crippen LogP contribution in [-0.2, 0) is 16.2 Å². The summed E-state index contributed by atoms with van der Waals surface area (Å²) in [6, 6.07) is 7.14. The lowest BCUT2D eigenvalue weighted by Crippen LogP contribution is -2.19. The molecule has 0 radical (unpaired) electrons. The maximum atomic E-state index is 13.2. The summed E-state index contributed by atoms with van der Waals surface area (Å²) in [6.07, 6.45) is -4.87. The van der Waals surface area contributed by atoms with Gasteiger partial charge in [0.2, 0.25) is 16.0 Å². The van der Waals surface area contributed by atoms with Gasteiger partial charge in [0.1, 0.15) is 0 Å². The zero-order valence-corrected chi connectivity index (χ0v) is 14.6. The van der Waals surface area contributed by atoms with E-state index in [4.69, 9.17) is 5.14 Å². The summed E-state index contributed by atoms with van der Waals surface area (Å²) in [5.41, 5.74) is 1.36. The van der Waals surface area contributed by atoms with Crippen molar-refractivity contribution in [3.05, 3.63) is 47.0 Å². The fourth-order valence-corrected chi connectivity index (χ4v) is 3.44. The first kappa shape index (κ1) is 18.2. The Morgan fingerprint density at radius 2 is 1.77 bits per heavy atom. The summed E-state index contributed by atoms with van der Waals surface area (Å²) in [5.74, 6) is 0.192. The number of aromatic amines is 1. The molecule has 1 aromatic heterocycles. The average molecular weight is 384 g/mol. The molecule has 3 aromatic rings. The molecule has 0 amide bonds. The highest BCUT2D eigenvalue weighted by molar-refractivity contribution is 7.89. The first-order chi connectivity index (χ1) is 12.0. The number of aromatic nitrogens is 2. The predicted molar refractivity (Wildman–Crippen MR) is 91.7 cm³/mol. The number of anilines is 2. The number of benzene rings is 2. The molecular weight excluding hydrogens is 369 g/mol. The number of alkyl halides is 3. The maximum absolute atomic E-state index is 13.2. The van der Waals surface area contributed by atoms with Gasteiger partial charge in [0.25, 0.3) is 0 Å². The SMILES string of the molecule is Cc1cccc(C)c1Nc1nc2cc(S(N)(=O)=O)c(C(F)(F)F)cc2[nH]1. The Morgan fingerprint density at radius 3 is 2.31 bits per heavy atom. The first-order valence-electron chi connectivity index (χ1n) is 7.44. The number of fused-ring (bicyclic) bond motifs is 1. The molecule has 2 aromatic carbocycles. The van der Waals surface area contributed by atoms with Crippen LogP contribution in [0.4, 0.5) is 24.8 Å². The van der Waals surface area contributed by atoms with Crippen LogP contribution in [0.5, 0.6) is 0 Å². The van der Waals surface area contributed by atoms with Crippen LogP contribution in [0.2, 0.25) is 0 Å². The van der Waals surface area contributed by atoms with Gasteiger partial charge in [0, 0.05) is 5.69 Å². The van der Waals surface area contributed by atoms with Gasteiger partial charge in [-0.25, -0.2) is 18.5 Å². The van der Waals surface area contributed by atoms with E-state index in [0.29, 0.717) is 6.07 Å². The summed E-state index contributed by atoms with van der Waals surface area (Å²) in [6.45, 7) is 3.75. The third-order valence-corrected chi connectivity index (χ3v) is 4.87. The molecule has 3 rings (SSSR count). The van der Waals surface area contributed by atoms with E-state index in [9.17, 15) is 21.6 Å². The standard InChI is InChI=1S/C16H15F3N4O2S/c1-8-4-3-5-9(2)14(8)23-15-21-11-6-10(16(17,18)19)13(26(20,24)25)7-12(11)22-15/h3-7H,1-2H3,(H2,20,24,25)(H2,21,22,23). The van der Waals surface area contributed by atoms with Gasteiger partial charge in [-0.1, -0.05) is 18.2 Å². The van der Waals surface area contributed by atoms with E-state index in [1.807, 2.05) is 32.0 Å². The average Bonchev–Trinajstić information content (AvgIpc) is 2.89. The lowest BCUT2D eigenvalue weighted by Gasteiger charge is -2.11. The molecule has 0 aliphatic heterocycles. The van der Waals surface area contributed by atoms with Gasteiger partial charge in [-0.15, -0.1) is 0 Å². The topological polar surface area (TPSA) is 101 Å². The number of para-hydroxylation sites is 1. The van der Waals surface area contributed by atoms with Gasteiger partial charge in [0.05, 0.1) is 21.5 Å². The van der Waals surface area contributed by atoms with Gasteiger partial charge in [-0.3, -0.25) is 0 Å². The Kier molecular flexibility index (Phi) is 4.20. The molecule has 1 heterocycles. The van der Waals surface area contributed by atoms with Gasteiger partial charge in [0.15, 0.2) is 0 Å². The normalized spacial score (nSPS) is 12.5. The third kappa shape index (κ3) is 3.37. The van der Waals surface area contributed by atoms with Crippen molar-refractivity contribution >= 4 is 32.7 Å². The van der Waals surface area contributed by atoms with Gasteiger partial charge in [-0.2, -0.15) is 13.2 Å². The summed E-state index contributed by atoms with van der Waals surface area (Å²) in [4.78, 5) is 5.85. The van der Waals surface area contributed by atoms with Gasteiger partial charge >= 0.3 is 6.18 Å². The molecule has 138 valence electrons. The molecule has 0 aliphatic rings. The number of hydrogen-bond acceptors (Lipinski definition) is 4. The van der Waals surface area contributed by atoms with Crippen LogP contribution < -0.4 is 10.5 Å². The number of nitrogens with one attached hydrogen (secondary N) is 2. The predicted octanol–water partition coefficient (Wildman–Crippen LogP) is 3.59. The fraction of sp³-hybridized carbons (Fsp3) is 0.188. The number of H-pyrrole nitrogens is 1. The van der Waals surface area contributed by atoms with Gasteiger partial charge < -0.3 is 10.3 Å². The van der Waals surface area contributed by atoms with E-state index in [-0.39, 0.29) is 17.0 Å². The number of hydrogen-bond donors (Lipinski definition) is 3. The van der Waals surface area contributed by atoms with E-state index in [1.54, 1.807) is 0 Å². The number of nitrogens with two attached hydrogens (primary N) is 1. The highest BCUT2D eigenvalue weighted by atomic mass is 32.2. The molecule has 0 atom stereocenters. The lowest BCUT2D eigenvalue weighted by molar-refractivity contribution is -0.139. The second kappa shape index (κ2) is 5.99. The third-order valence-electron chi connectivity index (χ3n) is 3.92. The van der Waals surface area contributed by atoms with Crippen LogP contribution >= 0.6 is 0 Å². The maximum Gasteiger partial charge on any atom is 0.417 e. The molecule has 0 saturated heterocycles. The Bertz CT molecular complexity index is 1080. The molecule has 26 heavy (non-hydrogen) atoms. The van der Waals surface area contributed by atoms with Crippen molar-refractivity contribution in [3.8, 4) is 0 Å². The molecule has 0 spiro atoms. The monoisotopic (exact) mass is 384 g/mol. The fourth-order valence-electron chi connectivity index (χ4n) is 2.68. The Morgan fingerprint density at radius 1 is 1.15 bits per heavy atom. The van der Waals surface area contributed by atoms with Crippen molar-refractivity contribution in [2.75, 3.05) is 5.32 Å². The smallest absolute Gasteiger partial charge is 0.325 e. The number of imidazole rings is 1. The summed E-state index contributed by atoms with van der Waals surface area (Å²) >= 11 is 0. The van der Waals surface area contributed by atoms with E-state index >= 15 is 0 Å². The van der Waals surface area contributed by atoms with Crippen molar-refractivity contribution < 1.29 is 21.6 Å². The summed E-state index contributed by atoms with van der Waals surface area (Å²) in [5, 5.41) is 7.95. The van der Waals surface area contributed by atoms with Crippen LogP contribution in [0.15, 0.2) is 35.2 Å². The van der Waals surface area contributed by atoms with Crippen molar-refractivity contribution in [2.24, 2.45) is 5.14 Å². The minimum atomic E-state index is -4.87. The number of primary sulfonamides is 1. The molecular formula is C16H15F3N4O2S.